The lowest BCUT2D eigenvalue weighted by atomic mass is 10.1. The quantitative estimate of drug-likeness (QED) is 0.527. The van der Waals surface area contributed by atoms with Crippen molar-refractivity contribution in [3.8, 4) is 0 Å². The monoisotopic (exact) mass is 339 g/mol. The Bertz CT molecular complexity index is 995. The first-order valence-electron chi connectivity index (χ1n) is 7.90. The standard InChI is InChI=1S/C19H17NO5/c1-3-24-18(22)14-6-4-13(5-7-14)11-20-16-9-8-15(12(2)21)10-17(16)25-19(20)23/h4-10H,3,11H2,1-2H3. The highest BCUT2D eigenvalue weighted by Gasteiger charge is 2.12. The number of rotatable bonds is 5. The summed E-state index contributed by atoms with van der Waals surface area (Å²) in [5.41, 5.74) is 2.78. The SMILES string of the molecule is CCOC(=O)c1ccc(Cn2c(=O)oc3cc(C(C)=O)ccc32)cc1. The first-order chi connectivity index (χ1) is 12.0. The fourth-order valence-corrected chi connectivity index (χ4v) is 2.58. The second-order valence-corrected chi connectivity index (χ2v) is 5.61. The Morgan fingerprint density at radius 1 is 1.08 bits per heavy atom. The lowest BCUT2D eigenvalue weighted by Crippen LogP contribution is -2.15. The van der Waals surface area contributed by atoms with Gasteiger partial charge in [-0.2, -0.15) is 0 Å². The first kappa shape index (κ1) is 16.7. The van der Waals surface area contributed by atoms with Crippen molar-refractivity contribution < 1.29 is 18.7 Å². The van der Waals surface area contributed by atoms with Crippen molar-refractivity contribution in [1.82, 2.24) is 4.57 Å². The largest absolute Gasteiger partial charge is 0.462 e. The van der Waals surface area contributed by atoms with Gasteiger partial charge in [-0.15, -0.1) is 0 Å². The molecule has 2 aromatic carbocycles. The van der Waals surface area contributed by atoms with Crippen molar-refractivity contribution in [2.45, 2.75) is 20.4 Å². The zero-order valence-electron chi connectivity index (χ0n) is 13.9. The average Bonchev–Trinajstić information content (AvgIpc) is 2.90. The minimum atomic E-state index is -0.495. The van der Waals surface area contributed by atoms with Crippen LogP contribution in [0.2, 0.25) is 0 Å². The van der Waals surface area contributed by atoms with Crippen molar-refractivity contribution in [1.29, 1.82) is 0 Å². The number of ketones is 1. The number of carbonyl (C=O) groups excluding carboxylic acids is 2. The maximum Gasteiger partial charge on any atom is 0.420 e. The van der Waals surface area contributed by atoms with Crippen molar-refractivity contribution in [2.75, 3.05) is 6.61 Å². The van der Waals surface area contributed by atoms with Crippen LogP contribution in [-0.2, 0) is 11.3 Å². The molecule has 0 saturated heterocycles. The van der Waals surface area contributed by atoms with Gasteiger partial charge in [-0.3, -0.25) is 9.36 Å². The normalized spacial score (nSPS) is 10.8. The number of carbonyl (C=O) groups is 2. The van der Waals surface area contributed by atoms with Gasteiger partial charge in [0.2, 0.25) is 0 Å². The molecule has 0 amide bonds. The Balaban J connectivity index is 1.90. The van der Waals surface area contributed by atoms with Crippen molar-refractivity contribution in [3.05, 3.63) is 69.7 Å². The van der Waals surface area contributed by atoms with Crippen LogP contribution in [0, 0.1) is 0 Å². The number of nitrogens with zero attached hydrogens (tertiary/aromatic N) is 1. The van der Waals surface area contributed by atoms with E-state index < -0.39 is 5.76 Å². The summed E-state index contributed by atoms with van der Waals surface area (Å²) in [6.07, 6.45) is 0. The Labute approximate surface area is 143 Å². The van der Waals surface area contributed by atoms with Gasteiger partial charge in [0.25, 0.3) is 0 Å². The number of hydrogen-bond acceptors (Lipinski definition) is 5. The van der Waals surface area contributed by atoms with Crippen LogP contribution in [-0.4, -0.2) is 22.9 Å². The van der Waals surface area contributed by atoms with Crippen molar-refractivity contribution >= 4 is 22.9 Å². The molecule has 6 heteroatoms. The van der Waals surface area contributed by atoms with E-state index in [0.717, 1.165) is 5.56 Å². The van der Waals surface area contributed by atoms with Crippen LogP contribution in [0.15, 0.2) is 51.7 Å². The molecule has 0 aliphatic rings. The predicted octanol–water partition coefficient (Wildman–Crippen LogP) is 3.02. The highest BCUT2D eigenvalue weighted by Crippen LogP contribution is 2.17. The van der Waals surface area contributed by atoms with Gasteiger partial charge in [0.15, 0.2) is 11.4 Å². The van der Waals surface area contributed by atoms with Gasteiger partial charge < -0.3 is 9.15 Å². The van der Waals surface area contributed by atoms with E-state index in [1.54, 1.807) is 49.4 Å². The van der Waals surface area contributed by atoms with E-state index in [-0.39, 0.29) is 11.8 Å². The smallest absolute Gasteiger partial charge is 0.420 e. The topological polar surface area (TPSA) is 78.5 Å². The van der Waals surface area contributed by atoms with Gasteiger partial charge in [-0.05, 0) is 49.7 Å². The molecular formula is C19H17NO5. The Morgan fingerprint density at radius 2 is 1.76 bits per heavy atom. The molecule has 0 unspecified atom stereocenters. The Hall–Kier alpha value is -3.15. The number of hydrogen-bond donors (Lipinski definition) is 0. The third kappa shape index (κ3) is 3.38. The number of esters is 1. The van der Waals surface area contributed by atoms with Crippen LogP contribution in [0.1, 0.15) is 40.1 Å². The summed E-state index contributed by atoms with van der Waals surface area (Å²) < 4.78 is 11.7. The van der Waals surface area contributed by atoms with E-state index >= 15 is 0 Å². The van der Waals surface area contributed by atoms with E-state index in [1.807, 2.05) is 0 Å². The molecule has 0 fully saturated rings. The molecule has 3 rings (SSSR count). The molecule has 128 valence electrons. The number of Topliss-reactive ketones (excluding diaryl/α,β-unsaturated/α-hetero) is 1. The van der Waals surface area contributed by atoms with E-state index in [9.17, 15) is 14.4 Å². The predicted molar refractivity (Wildman–Crippen MR) is 92.0 cm³/mol. The van der Waals surface area contributed by atoms with Gasteiger partial charge in [0.1, 0.15) is 0 Å². The van der Waals surface area contributed by atoms with Crippen LogP contribution < -0.4 is 5.76 Å². The maximum atomic E-state index is 12.1. The first-order valence-corrected chi connectivity index (χ1v) is 7.90. The third-order valence-corrected chi connectivity index (χ3v) is 3.88. The van der Waals surface area contributed by atoms with E-state index in [0.29, 0.717) is 35.4 Å². The molecule has 1 aromatic heterocycles. The molecule has 0 atom stereocenters. The molecule has 0 aliphatic carbocycles. The van der Waals surface area contributed by atoms with Gasteiger partial charge in [0, 0.05) is 5.56 Å². The van der Waals surface area contributed by atoms with Gasteiger partial charge in [-0.25, -0.2) is 9.59 Å². The molecule has 0 spiro atoms. The number of fused-ring (bicyclic) bond motifs is 1. The second-order valence-electron chi connectivity index (χ2n) is 5.61. The van der Waals surface area contributed by atoms with Gasteiger partial charge in [0.05, 0.1) is 24.2 Å². The Morgan fingerprint density at radius 3 is 2.40 bits per heavy atom. The summed E-state index contributed by atoms with van der Waals surface area (Å²) >= 11 is 0. The number of aromatic nitrogens is 1. The molecule has 1 heterocycles. The molecule has 0 N–H and O–H groups in total. The molecule has 0 radical (unpaired) electrons. The zero-order valence-corrected chi connectivity index (χ0v) is 13.9. The third-order valence-electron chi connectivity index (χ3n) is 3.88. The molecule has 3 aromatic rings. The van der Waals surface area contributed by atoms with E-state index in [2.05, 4.69) is 0 Å². The molecule has 0 aliphatic heterocycles. The lowest BCUT2D eigenvalue weighted by molar-refractivity contribution is 0.0526. The zero-order chi connectivity index (χ0) is 18.0. The number of benzene rings is 2. The highest BCUT2D eigenvalue weighted by molar-refractivity contribution is 5.96. The van der Waals surface area contributed by atoms with Crippen molar-refractivity contribution in [2.24, 2.45) is 0 Å². The van der Waals surface area contributed by atoms with Crippen LogP contribution in [0.4, 0.5) is 0 Å². The molecule has 0 saturated carbocycles. The van der Waals surface area contributed by atoms with Crippen LogP contribution >= 0.6 is 0 Å². The average molecular weight is 339 g/mol. The summed E-state index contributed by atoms with van der Waals surface area (Å²) in [4.78, 5) is 35.2. The minimum absolute atomic E-state index is 0.0909. The molecule has 6 nitrogen and oxygen atoms in total. The second kappa shape index (κ2) is 6.76. The fourth-order valence-electron chi connectivity index (χ4n) is 2.58. The summed E-state index contributed by atoms with van der Waals surface area (Å²) in [5, 5.41) is 0. The van der Waals surface area contributed by atoms with E-state index in [1.165, 1.54) is 11.5 Å². The fraction of sp³-hybridized carbons (Fsp3) is 0.211. The summed E-state index contributed by atoms with van der Waals surface area (Å²) in [5.74, 6) is -0.964. The summed E-state index contributed by atoms with van der Waals surface area (Å²) in [6.45, 7) is 3.83. The van der Waals surface area contributed by atoms with E-state index in [4.69, 9.17) is 9.15 Å². The number of ether oxygens (including phenoxy) is 1. The van der Waals surface area contributed by atoms with Crippen LogP contribution in [0.5, 0.6) is 0 Å². The van der Waals surface area contributed by atoms with Crippen LogP contribution in [0.3, 0.4) is 0 Å². The maximum absolute atomic E-state index is 12.1. The molecular weight excluding hydrogens is 322 g/mol. The minimum Gasteiger partial charge on any atom is -0.462 e. The molecule has 0 bridgehead atoms. The summed E-state index contributed by atoms with van der Waals surface area (Å²) in [6, 6.07) is 11.8. The number of oxazole rings is 1. The van der Waals surface area contributed by atoms with Gasteiger partial charge in [-0.1, -0.05) is 12.1 Å². The highest BCUT2D eigenvalue weighted by atomic mass is 16.5. The van der Waals surface area contributed by atoms with Crippen LogP contribution in [0.25, 0.3) is 11.1 Å². The van der Waals surface area contributed by atoms with Gasteiger partial charge >= 0.3 is 11.7 Å². The Kier molecular flexibility index (Phi) is 4.52. The lowest BCUT2D eigenvalue weighted by Gasteiger charge is -2.05. The summed E-state index contributed by atoms with van der Waals surface area (Å²) in [7, 11) is 0. The van der Waals surface area contributed by atoms with Crippen molar-refractivity contribution in [3.63, 3.8) is 0 Å². The molecule has 25 heavy (non-hydrogen) atoms.